The predicted molar refractivity (Wildman–Crippen MR) is 68.1 cm³/mol. The molecular formula is C13H12N4O. The maximum Gasteiger partial charge on any atom is 0.253 e. The number of para-hydroxylation sites is 1. The molecule has 0 spiro atoms. The average Bonchev–Trinajstić information content (AvgIpc) is 3.05. The number of H-pyrrole nitrogens is 2. The van der Waals surface area contributed by atoms with Crippen LogP contribution in [0.25, 0.3) is 10.9 Å². The van der Waals surface area contributed by atoms with E-state index >= 15 is 0 Å². The van der Waals surface area contributed by atoms with E-state index < -0.39 is 0 Å². The van der Waals surface area contributed by atoms with Gasteiger partial charge in [0, 0.05) is 23.3 Å². The maximum atomic E-state index is 12.0. The highest BCUT2D eigenvalue weighted by Crippen LogP contribution is 2.17. The first-order chi connectivity index (χ1) is 8.84. The second-order valence-corrected chi connectivity index (χ2v) is 4.01. The van der Waals surface area contributed by atoms with Crippen molar-refractivity contribution in [3.8, 4) is 0 Å². The highest BCUT2D eigenvalue weighted by molar-refractivity contribution is 6.06. The maximum absolute atomic E-state index is 12.0. The summed E-state index contributed by atoms with van der Waals surface area (Å²) in [4.78, 5) is 15.1. The van der Waals surface area contributed by atoms with Gasteiger partial charge in [-0.2, -0.15) is 5.10 Å². The van der Waals surface area contributed by atoms with E-state index in [0.717, 1.165) is 16.6 Å². The van der Waals surface area contributed by atoms with Gasteiger partial charge in [-0.25, -0.2) is 0 Å². The molecule has 5 heteroatoms. The number of carbonyl (C=O) groups is 1. The monoisotopic (exact) mass is 240 g/mol. The lowest BCUT2D eigenvalue weighted by molar-refractivity contribution is 0.0952. The summed E-state index contributed by atoms with van der Waals surface area (Å²) in [5, 5.41) is 10.4. The number of aromatic amines is 2. The van der Waals surface area contributed by atoms with Crippen LogP contribution in [0.4, 0.5) is 0 Å². The molecular weight excluding hydrogens is 228 g/mol. The second-order valence-electron chi connectivity index (χ2n) is 4.01. The number of rotatable bonds is 3. The highest BCUT2D eigenvalue weighted by Gasteiger charge is 2.11. The second kappa shape index (κ2) is 4.37. The number of hydrogen-bond donors (Lipinski definition) is 3. The number of fused-ring (bicyclic) bond motifs is 1. The van der Waals surface area contributed by atoms with Gasteiger partial charge in [0.05, 0.1) is 17.8 Å². The lowest BCUT2D eigenvalue weighted by Gasteiger charge is -2.02. The molecule has 5 nitrogen and oxygen atoms in total. The zero-order valence-electron chi connectivity index (χ0n) is 9.60. The van der Waals surface area contributed by atoms with Crippen LogP contribution in [-0.2, 0) is 6.54 Å². The lowest BCUT2D eigenvalue weighted by Crippen LogP contribution is -2.22. The molecule has 0 fully saturated rings. The molecule has 0 aliphatic carbocycles. The van der Waals surface area contributed by atoms with Crippen LogP contribution >= 0.6 is 0 Å². The van der Waals surface area contributed by atoms with Crippen LogP contribution in [0.3, 0.4) is 0 Å². The lowest BCUT2D eigenvalue weighted by atomic mass is 10.1. The first-order valence-corrected chi connectivity index (χ1v) is 5.67. The predicted octanol–water partition coefficient (Wildman–Crippen LogP) is 1.82. The Bertz CT molecular complexity index is 669. The summed E-state index contributed by atoms with van der Waals surface area (Å²) in [5.41, 5.74) is 2.50. The van der Waals surface area contributed by atoms with E-state index in [4.69, 9.17) is 0 Å². The van der Waals surface area contributed by atoms with E-state index in [1.165, 1.54) is 0 Å². The van der Waals surface area contributed by atoms with Gasteiger partial charge in [0.15, 0.2) is 0 Å². The number of hydrogen-bond acceptors (Lipinski definition) is 2. The smallest absolute Gasteiger partial charge is 0.253 e. The SMILES string of the molecule is O=C(NCc1ccn[nH]1)c1c[nH]c2ccccc12. The van der Waals surface area contributed by atoms with Crippen molar-refractivity contribution in [1.82, 2.24) is 20.5 Å². The molecule has 3 N–H and O–H groups in total. The summed E-state index contributed by atoms with van der Waals surface area (Å²) in [6, 6.07) is 9.56. The molecule has 3 rings (SSSR count). The molecule has 90 valence electrons. The fourth-order valence-electron chi connectivity index (χ4n) is 1.91. The molecule has 0 saturated heterocycles. The van der Waals surface area contributed by atoms with Crippen molar-refractivity contribution < 1.29 is 4.79 Å². The number of nitrogens with zero attached hydrogens (tertiary/aromatic N) is 1. The topological polar surface area (TPSA) is 73.6 Å². The molecule has 3 aromatic rings. The van der Waals surface area contributed by atoms with Crippen molar-refractivity contribution in [1.29, 1.82) is 0 Å². The van der Waals surface area contributed by atoms with Crippen LogP contribution in [0.1, 0.15) is 16.1 Å². The minimum absolute atomic E-state index is 0.0953. The first kappa shape index (κ1) is 10.6. The van der Waals surface area contributed by atoms with Crippen molar-refractivity contribution in [3.05, 3.63) is 54.0 Å². The fourth-order valence-corrected chi connectivity index (χ4v) is 1.91. The summed E-state index contributed by atoms with van der Waals surface area (Å²) >= 11 is 0. The molecule has 0 bridgehead atoms. The van der Waals surface area contributed by atoms with Crippen molar-refractivity contribution in [3.63, 3.8) is 0 Å². The number of nitrogens with one attached hydrogen (secondary N) is 3. The van der Waals surface area contributed by atoms with Crippen LogP contribution in [0.15, 0.2) is 42.7 Å². The van der Waals surface area contributed by atoms with Gasteiger partial charge in [-0.1, -0.05) is 18.2 Å². The van der Waals surface area contributed by atoms with E-state index in [9.17, 15) is 4.79 Å². The molecule has 18 heavy (non-hydrogen) atoms. The van der Waals surface area contributed by atoms with Gasteiger partial charge < -0.3 is 10.3 Å². The fraction of sp³-hybridized carbons (Fsp3) is 0.0769. The van der Waals surface area contributed by atoms with E-state index in [1.807, 2.05) is 30.3 Å². The van der Waals surface area contributed by atoms with Crippen LogP contribution in [0, 0.1) is 0 Å². The molecule has 0 aliphatic heterocycles. The minimum Gasteiger partial charge on any atom is -0.360 e. The summed E-state index contributed by atoms with van der Waals surface area (Å²) in [6.45, 7) is 0.443. The van der Waals surface area contributed by atoms with Crippen molar-refractivity contribution in [2.24, 2.45) is 0 Å². The van der Waals surface area contributed by atoms with Crippen molar-refractivity contribution in [2.75, 3.05) is 0 Å². The Morgan fingerprint density at radius 3 is 3.00 bits per heavy atom. The normalized spacial score (nSPS) is 10.7. The molecule has 0 saturated carbocycles. The van der Waals surface area contributed by atoms with E-state index in [2.05, 4.69) is 20.5 Å². The quantitative estimate of drug-likeness (QED) is 0.653. The summed E-state index contributed by atoms with van der Waals surface area (Å²) in [6.07, 6.45) is 3.39. The van der Waals surface area contributed by atoms with E-state index in [-0.39, 0.29) is 5.91 Å². The first-order valence-electron chi connectivity index (χ1n) is 5.67. The van der Waals surface area contributed by atoms with Crippen molar-refractivity contribution in [2.45, 2.75) is 6.54 Å². The van der Waals surface area contributed by atoms with Gasteiger partial charge in [0.1, 0.15) is 0 Å². The summed E-state index contributed by atoms with van der Waals surface area (Å²) in [5.74, 6) is -0.0953. The third-order valence-corrected chi connectivity index (χ3v) is 2.83. The molecule has 1 aromatic carbocycles. The number of aromatic nitrogens is 3. The Morgan fingerprint density at radius 1 is 1.28 bits per heavy atom. The number of amides is 1. The Labute approximate surface area is 103 Å². The van der Waals surface area contributed by atoms with Gasteiger partial charge in [0.25, 0.3) is 5.91 Å². The van der Waals surface area contributed by atoms with E-state index in [1.54, 1.807) is 12.4 Å². The average molecular weight is 240 g/mol. The molecule has 1 amide bonds. The standard InChI is InChI=1S/C13H12N4O/c18-13(15-7-9-5-6-16-17-9)11-8-14-12-4-2-1-3-10(11)12/h1-6,8,14H,7H2,(H,15,18)(H,16,17). The molecule has 0 unspecified atom stereocenters. The Balaban J connectivity index is 1.80. The van der Waals surface area contributed by atoms with E-state index in [0.29, 0.717) is 12.1 Å². The van der Waals surface area contributed by atoms with Gasteiger partial charge in [-0.05, 0) is 12.1 Å². The van der Waals surface area contributed by atoms with Crippen LogP contribution in [0.2, 0.25) is 0 Å². The molecule has 0 radical (unpaired) electrons. The van der Waals surface area contributed by atoms with Crippen LogP contribution < -0.4 is 5.32 Å². The van der Waals surface area contributed by atoms with Gasteiger partial charge in [-0.3, -0.25) is 9.89 Å². The molecule has 0 aliphatic rings. The Morgan fingerprint density at radius 2 is 2.17 bits per heavy atom. The third kappa shape index (κ3) is 1.86. The zero-order valence-corrected chi connectivity index (χ0v) is 9.60. The summed E-state index contributed by atoms with van der Waals surface area (Å²) < 4.78 is 0. The number of carbonyl (C=O) groups excluding carboxylic acids is 1. The van der Waals surface area contributed by atoms with Crippen LogP contribution in [0.5, 0.6) is 0 Å². The molecule has 2 heterocycles. The minimum atomic E-state index is -0.0953. The van der Waals surface area contributed by atoms with Gasteiger partial charge >= 0.3 is 0 Å². The number of benzene rings is 1. The largest absolute Gasteiger partial charge is 0.360 e. The summed E-state index contributed by atoms with van der Waals surface area (Å²) in [7, 11) is 0. The third-order valence-electron chi connectivity index (χ3n) is 2.83. The Hall–Kier alpha value is -2.56. The van der Waals surface area contributed by atoms with Crippen molar-refractivity contribution >= 4 is 16.8 Å². The van der Waals surface area contributed by atoms with Gasteiger partial charge in [-0.15, -0.1) is 0 Å². The van der Waals surface area contributed by atoms with Gasteiger partial charge in [0.2, 0.25) is 0 Å². The zero-order chi connectivity index (χ0) is 12.4. The molecule has 2 aromatic heterocycles. The highest BCUT2D eigenvalue weighted by atomic mass is 16.1. The van der Waals surface area contributed by atoms with Crippen LogP contribution in [-0.4, -0.2) is 21.1 Å². The molecule has 0 atom stereocenters. The Kier molecular flexibility index (Phi) is 2.57.